The van der Waals surface area contributed by atoms with Crippen molar-refractivity contribution >= 4 is 41.7 Å². The number of thioether (sulfide) groups is 1. The highest BCUT2D eigenvalue weighted by Crippen LogP contribution is 2.51. The van der Waals surface area contributed by atoms with Crippen molar-refractivity contribution in [2.45, 2.75) is 42.5 Å². The standard InChI is InChI=1S/C24H29N5S.HI/c1-19-26-13-14-29(19)17-21-8-6-7-20(15-21)16-27-23(25-2)28-18-24(11-12-24)30-22-9-4-3-5-10-22;/h3-10,13-15H,11-12,16-18H2,1-2H3,(H2,25,27,28);1H. The van der Waals surface area contributed by atoms with Crippen molar-refractivity contribution < 1.29 is 0 Å². The third-order valence-electron chi connectivity index (χ3n) is 5.41. The molecule has 5 nitrogen and oxygen atoms in total. The molecular weight excluding hydrogens is 517 g/mol. The lowest BCUT2D eigenvalue weighted by molar-refractivity contribution is 0.754. The predicted molar refractivity (Wildman–Crippen MR) is 140 cm³/mol. The van der Waals surface area contributed by atoms with Crippen LogP contribution in [0.2, 0.25) is 0 Å². The Morgan fingerprint density at radius 1 is 1.10 bits per heavy atom. The Morgan fingerprint density at radius 2 is 1.87 bits per heavy atom. The lowest BCUT2D eigenvalue weighted by Gasteiger charge is -2.18. The van der Waals surface area contributed by atoms with Crippen LogP contribution in [0, 0.1) is 6.92 Å². The number of guanidine groups is 1. The average Bonchev–Trinajstić information content (AvgIpc) is 3.42. The lowest BCUT2D eigenvalue weighted by Crippen LogP contribution is -2.40. The Labute approximate surface area is 206 Å². The first-order valence-corrected chi connectivity index (χ1v) is 11.2. The van der Waals surface area contributed by atoms with Gasteiger partial charge in [-0.2, -0.15) is 0 Å². The van der Waals surface area contributed by atoms with Crippen molar-refractivity contribution in [2.75, 3.05) is 13.6 Å². The minimum atomic E-state index is 0. The molecule has 0 amide bonds. The van der Waals surface area contributed by atoms with Gasteiger partial charge < -0.3 is 15.2 Å². The molecule has 1 aliphatic carbocycles. The zero-order valence-corrected chi connectivity index (χ0v) is 21.2. The van der Waals surface area contributed by atoms with Crippen molar-refractivity contribution in [3.63, 3.8) is 0 Å². The molecule has 164 valence electrons. The Bertz CT molecular complexity index is 998. The van der Waals surface area contributed by atoms with Gasteiger partial charge in [-0.15, -0.1) is 35.7 Å². The summed E-state index contributed by atoms with van der Waals surface area (Å²) in [5.74, 6) is 1.89. The smallest absolute Gasteiger partial charge is 0.191 e. The number of nitrogens with zero attached hydrogens (tertiary/aromatic N) is 3. The Morgan fingerprint density at radius 3 is 2.55 bits per heavy atom. The second kappa shape index (κ2) is 11.0. The minimum Gasteiger partial charge on any atom is -0.355 e. The molecule has 0 atom stereocenters. The van der Waals surface area contributed by atoms with E-state index in [9.17, 15) is 0 Å². The maximum atomic E-state index is 4.41. The summed E-state index contributed by atoms with van der Waals surface area (Å²) in [6.07, 6.45) is 6.35. The zero-order chi connectivity index (χ0) is 20.8. The Balaban J connectivity index is 0.00000272. The molecule has 1 aromatic heterocycles. The van der Waals surface area contributed by atoms with Crippen LogP contribution in [0.3, 0.4) is 0 Å². The molecule has 7 heteroatoms. The Hall–Kier alpha value is -2.00. The van der Waals surface area contributed by atoms with Crippen LogP contribution >= 0.6 is 35.7 Å². The van der Waals surface area contributed by atoms with E-state index in [-0.39, 0.29) is 24.0 Å². The van der Waals surface area contributed by atoms with Gasteiger partial charge in [0.25, 0.3) is 0 Å². The molecule has 0 unspecified atom stereocenters. The Kier molecular flexibility index (Phi) is 8.43. The van der Waals surface area contributed by atoms with E-state index in [4.69, 9.17) is 0 Å². The van der Waals surface area contributed by atoms with E-state index < -0.39 is 0 Å². The molecule has 1 fully saturated rings. The van der Waals surface area contributed by atoms with Gasteiger partial charge in [0.1, 0.15) is 5.82 Å². The second-order valence-electron chi connectivity index (χ2n) is 7.80. The number of aryl methyl sites for hydroxylation is 1. The fourth-order valence-electron chi connectivity index (χ4n) is 3.45. The number of imidazole rings is 1. The highest BCUT2D eigenvalue weighted by molar-refractivity contribution is 14.0. The molecule has 0 radical (unpaired) electrons. The number of rotatable bonds is 8. The molecule has 0 saturated heterocycles. The van der Waals surface area contributed by atoms with Crippen LogP contribution in [0.15, 0.2) is 76.9 Å². The van der Waals surface area contributed by atoms with Crippen molar-refractivity contribution in [1.82, 2.24) is 20.2 Å². The number of hydrogen-bond acceptors (Lipinski definition) is 3. The van der Waals surface area contributed by atoms with Gasteiger partial charge in [-0.25, -0.2) is 4.98 Å². The van der Waals surface area contributed by atoms with Crippen LogP contribution in [-0.2, 0) is 13.1 Å². The molecule has 4 rings (SSSR count). The first kappa shape index (κ1) is 23.7. The first-order chi connectivity index (χ1) is 14.7. The fourth-order valence-corrected chi connectivity index (χ4v) is 4.69. The summed E-state index contributed by atoms with van der Waals surface area (Å²) in [5.41, 5.74) is 2.52. The van der Waals surface area contributed by atoms with E-state index in [0.29, 0.717) is 4.75 Å². The van der Waals surface area contributed by atoms with E-state index in [1.807, 2.05) is 38.1 Å². The van der Waals surface area contributed by atoms with Gasteiger partial charge in [-0.1, -0.05) is 42.5 Å². The van der Waals surface area contributed by atoms with Crippen LogP contribution in [0.4, 0.5) is 0 Å². The number of benzene rings is 2. The second-order valence-corrected chi connectivity index (χ2v) is 9.34. The van der Waals surface area contributed by atoms with E-state index in [1.54, 1.807) is 0 Å². The number of aromatic nitrogens is 2. The van der Waals surface area contributed by atoms with Crippen LogP contribution in [0.25, 0.3) is 0 Å². The first-order valence-electron chi connectivity index (χ1n) is 10.4. The van der Waals surface area contributed by atoms with E-state index in [1.165, 1.54) is 28.9 Å². The van der Waals surface area contributed by atoms with E-state index >= 15 is 0 Å². The van der Waals surface area contributed by atoms with Gasteiger partial charge in [0.2, 0.25) is 0 Å². The molecule has 1 heterocycles. The molecule has 0 spiro atoms. The maximum Gasteiger partial charge on any atom is 0.191 e. The van der Waals surface area contributed by atoms with Gasteiger partial charge in [0.15, 0.2) is 5.96 Å². The predicted octanol–water partition coefficient (Wildman–Crippen LogP) is 4.85. The summed E-state index contributed by atoms with van der Waals surface area (Å²) in [7, 11) is 1.83. The van der Waals surface area contributed by atoms with Crippen molar-refractivity contribution in [2.24, 2.45) is 4.99 Å². The largest absolute Gasteiger partial charge is 0.355 e. The molecule has 0 aliphatic heterocycles. The van der Waals surface area contributed by atoms with Crippen molar-refractivity contribution in [1.29, 1.82) is 0 Å². The van der Waals surface area contributed by atoms with E-state index in [2.05, 4.69) is 79.8 Å². The fraction of sp³-hybridized carbons (Fsp3) is 0.333. The SMILES string of the molecule is CN=C(NCc1cccc(Cn2ccnc2C)c1)NCC1(Sc2ccccc2)CC1.I. The summed E-state index contributed by atoms with van der Waals surface area (Å²) in [5, 5.41) is 6.98. The third kappa shape index (κ3) is 6.74. The number of aliphatic imine (C=N–C) groups is 1. The van der Waals surface area contributed by atoms with Crippen LogP contribution in [0.5, 0.6) is 0 Å². The van der Waals surface area contributed by atoms with Gasteiger partial charge in [0, 0.05) is 48.7 Å². The van der Waals surface area contributed by atoms with Gasteiger partial charge in [0.05, 0.1) is 0 Å². The quantitative estimate of drug-likeness (QED) is 0.241. The molecule has 1 aliphatic rings. The molecule has 0 bridgehead atoms. The van der Waals surface area contributed by atoms with Crippen molar-refractivity contribution in [3.8, 4) is 0 Å². The third-order valence-corrected chi connectivity index (χ3v) is 6.91. The maximum absolute atomic E-state index is 4.41. The molecular formula is C24H30IN5S. The number of nitrogens with one attached hydrogen (secondary N) is 2. The summed E-state index contributed by atoms with van der Waals surface area (Å²) >= 11 is 1.98. The average molecular weight is 548 g/mol. The topological polar surface area (TPSA) is 54.2 Å². The molecule has 2 N–H and O–H groups in total. The van der Waals surface area contributed by atoms with Crippen LogP contribution in [-0.4, -0.2) is 33.9 Å². The normalized spacial score (nSPS) is 14.6. The molecule has 2 aromatic carbocycles. The lowest BCUT2D eigenvalue weighted by atomic mass is 10.1. The molecule has 31 heavy (non-hydrogen) atoms. The monoisotopic (exact) mass is 547 g/mol. The van der Waals surface area contributed by atoms with Gasteiger partial charge in [-0.05, 0) is 43.0 Å². The highest BCUT2D eigenvalue weighted by atomic mass is 127. The highest BCUT2D eigenvalue weighted by Gasteiger charge is 2.43. The zero-order valence-electron chi connectivity index (χ0n) is 18.0. The molecule has 1 saturated carbocycles. The number of hydrogen-bond donors (Lipinski definition) is 2. The molecule has 3 aromatic rings. The van der Waals surface area contributed by atoms with Gasteiger partial charge >= 0.3 is 0 Å². The van der Waals surface area contributed by atoms with Gasteiger partial charge in [-0.3, -0.25) is 4.99 Å². The summed E-state index contributed by atoms with van der Waals surface area (Å²) in [4.78, 5) is 10.0. The van der Waals surface area contributed by atoms with Crippen LogP contribution in [0.1, 0.15) is 29.8 Å². The summed E-state index contributed by atoms with van der Waals surface area (Å²) < 4.78 is 2.45. The van der Waals surface area contributed by atoms with E-state index in [0.717, 1.165) is 31.4 Å². The van der Waals surface area contributed by atoms with Crippen molar-refractivity contribution in [3.05, 3.63) is 83.9 Å². The van der Waals surface area contributed by atoms with Crippen LogP contribution < -0.4 is 10.6 Å². The minimum absolute atomic E-state index is 0. The number of halogens is 1. The summed E-state index contributed by atoms with van der Waals surface area (Å²) in [6.45, 7) is 4.54. The summed E-state index contributed by atoms with van der Waals surface area (Å²) in [6, 6.07) is 19.3.